The maximum absolute atomic E-state index is 5.63. The minimum atomic E-state index is 0.504. The molecule has 0 spiro atoms. The second-order valence-corrected chi connectivity index (χ2v) is 4.51. The molecule has 0 bridgehead atoms. The molecule has 0 unspecified atom stereocenters. The molecule has 3 aromatic rings. The average molecular weight is 269 g/mol. The molecule has 2 aromatic heterocycles. The molecule has 5 nitrogen and oxygen atoms in total. The zero-order valence-corrected chi connectivity index (χ0v) is 11.2. The zero-order valence-electron chi connectivity index (χ0n) is 11.2. The molecule has 5 heteroatoms. The molecule has 102 valence electrons. The number of furan rings is 1. The molecule has 2 N–H and O–H groups in total. The fourth-order valence-electron chi connectivity index (χ4n) is 2.16. The molecular weight excluding hydrogens is 254 g/mol. The topological polar surface area (TPSA) is 78.1 Å². The lowest BCUT2D eigenvalue weighted by molar-refractivity contribution is 0.431. The van der Waals surface area contributed by atoms with Gasteiger partial charge in [-0.25, -0.2) is 0 Å². The van der Waals surface area contributed by atoms with Crippen molar-refractivity contribution in [1.29, 1.82) is 0 Å². The smallest absolute Gasteiger partial charge is 0.258 e. The molecule has 0 saturated heterocycles. The first-order valence-electron chi connectivity index (χ1n) is 6.46. The zero-order chi connectivity index (χ0) is 13.9. The van der Waals surface area contributed by atoms with Crippen LogP contribution in [0.15, 0.2) is 45.5 Å². The third-order valence-corrected chi connectivity index (χ3v) is 3.19. The second kappa shape index (κ2) is 5.30. The summed E-state index contributed by atoms with van der Waals surface area (Å²) in [7, 11) is 0. The van der Waals surface area contributed by atoms with Crippen molar-refractivity contribution in [1.82, 2.24) is 10.1 Å². The van der Waals surface area contributed by atoms with E-state index in [9.17, 15) is 0 Å². The summed E-state index contributed by atoms with van der Waals surface area (Å²) in [5.41, 5.74) is 8.51. The van der Waals surface area contributed by atoms with E-state index in [0.717, 1.165) is 28.9 Å². The van der Waals surface area contributed by atoms with Crippen LogP contribution >= 0.6 is 0 Å². The second-order valence-electron chi connectivity index (χ2n) is 4.51. The first-order valence-corrected chi connectivity index (χ1v) is 6.46. The average Bonchev–Trinajstić information content (AvgIpc) is 3.08. The van der Waals surface area contributed by atoms with Gasteiger partial charge in [0.2, 0.25) is 5.82 Å². The van der Waals surface area contributed by atoms with Crippen molar-refractivity contribution >= 4 is 0 Å². The van der Waals surface area contributed by atoms with E-state index in [4.69, 9.17) is 14.7 Å². The van der Waals surface area contributed by atoms with E-state index in [1.807, 2.05) is 37.3 Å². The maximum Gasteiger partial charge on any atom is 0.258 e. The normalized spacial score (nSPS) is 10.9. The Bertz CT molecular complexity index is 715. The van der Waals surface area contributed by atoms with Crippen molar-refractivity contribution in [2.45, 2.75) is 13.3 Å². The first kappa shape index (κ1) is 12.6. The number of nitrogens with zero attached hydrogens (tertiary/aromatic N) is 2. The molecule has 0 aliphatic carbocycles. The summed E-state index contributed by atoms with van der Waals surface area (Å²) in [4.78, 5) is 4.45. The standard InChI is InChI=1S/C15H15N3O2/c1-10-12(7-9-19-10)14-17-15(20-18-14)13-5-3-2-4-11(13)6-8-16/h2-5,7,9H,6,8,16H2,1H3. The molecule has 2 heterocycles. The van der Waals surface area contributed by atoms with Crippen LogP contribution in [0.25, 0.3) is 22.8 Å². The lowest BCUT2D eigenvalue weighted by Gasteiger charge is -2.03. The van der Waals surface area contributed by atoms with Crippen LogP contribution in [-0.4, -0.2) is 16.7 Å². The summed E-state index contributed by atoms with van der Waals surface area (Å²) in [6.07, 6.45) is 2.39. The molecule has 0 aliphatic heterocycles. The van der Waals surface area contributed by atoms with Crippen LogP contribution in [0.5, 0.6) is 0 Å². The molecule has 0 fully saturated rings. The van der Waals surface area contributed by atoms with Crippen LogP contribution in [0, 0.1) is 6.92 Å². The largest absolute Gasteiger partial charge is 0.469 e. The van der Waals surface area contributed by atoms with E-state index in [0.29, 0.717) is 18.3 Å². The number of rotatable bonds is 4. The summed E-state index contributed by atoms with van der Waals surface area (Å²) in [6, 6.07) is 9.74. The van der Waals surface area contributed by atoms with Gasteiger partial charge in [-0.1, -0.05) is 23.4 Å². The molecular formula is C15H15N3O2. The number of nitrogens with two attached hydrogens (primary N) is 1. The molecule has 0 saturated carbocycles. The van der Waals surface area contributed by atoms with Gasteiger partial charge in [0.1, 0.15) is 5.76 Å². The summed E-state index contributed by atoms with van der Waals surface area (Å²) in [6.45, 7) is 2.45. The van der Waals surface area contributed by atoms with Gasteiger partial charge in [-0.2, -0.15) is 4.98 Å². The Morgan fingerprint density at radius 2 is 2.00 bits per heavy atom. The van der Waals surface area contributed by atoms with Crippen molar-refractivity contribution in [2.24, 2.45) is 5.73 Å². The molecule has 3 rings (SSSR count). The molecule has 0 amide bonds. The first-order chi connectivity index (χ1) is 9.79. The van der Waals surface area contributed by atoms with E-state index >= 15 is 0 Å². The van der Waals surface area contributed by atoms with Gasteiger partial charge in [0.05, 0.1) is 11.8 Å². The van der Waals surface area contributed by atoms with Gasteiger partial charge in [-0.3, -0.25) is 0 Å². The van der Waals surface area contributed by atoms with Crippen LogP contribution in [0.3, 0.4) is 0 Å². The number of aromatic nitrogens is 2. The number of benzene rings is 1. The van der Waals surface area contributed by atoms with E-state index in [-0.39, 0.29) is 0 Å². The fraction of sp³-hybridized carbons (Fsp3) is 0.200. The number of aryl methyl sites for hydroxylation is 1. The van der Waals surface area contributed by atoms with Crippen molar-refractivity contribution in [3.8, 4) is 22.8 Å². The predicted octanol–water partition coefficient (Wildman–Crippen LogP) is 2.81. The lowest BCUT2D eigenvalue weighted by atomic mass is 10.0. The predicted molar refractivity (Wildman–Crippen MR) is 74.9 cm³/mol. The molecule has 0 radical (unpaired) electrons. The fourth-order valence-corrected chi connectivity index (χ4v) is 2.16. The highest BCUT2D eigenvalue weighted by atomic mass is 16.5. The van der Waals surface area contributed by atoms with Crippen molar-refractivity contribution in [3.63, 3.8) is 0 Å². The number of hydrogen-bond acceptors (Lipinski definition) is 5. The molecule has 20 heavy (non-hydrogen) atoms. The summed E-state index contributed by atoms with van der Waals surface area (Å²) >= 11 is 0. The highest BCUT2D eigenvalue weighted by molar-refractivity contribution is 5.63. The van der Waals surface area contributed by atoms with E-state index in [1.165, 1.54) is 0 Å². The van der Waals surface area contributed by atoms with Gasteiger partial charge >= 0.3 is 0 Å². The Morgan fingerprint density at radius 1 is 1.15 bits per heavy atom. The molecule has 0 aliphatic rings. The molecule has 0 atom stereocenters. The van der Waals surface area contributed by atoms with Gasteiger partial charge in [0.25, 0.3) is 5.89 Å². The van der Waals surface area contributed by atoms with Crippen LogP contribution in [-0.2, 0) is 6.42 Å². The van der Waals surface area contributed by atoms with E-state index in [1.54, 1.807) is 6.26 Å². The van der Waals surface area contributed by atoms with Gasteiger partial charge in [0.15, 0.2) is 0 Å². The quantitative estimate of drug-likeness (QED) is 0.788. The van der Waals surface area contributed by atoms with Crippen molar-refractivity contribution < 1.29 is 8.94 Å². The van der Waals surface area contributed by atoms with Gasteiger partial charge < -0.3 is 14.7 Å². The van der Waals surface area contributed by atoms with Crippen LogP contribution in [0.2, 0.25) is 0 Å². The monoisotopic (exact) mass is 269 g/mol. The summed E-state index contributed by atoms with van der Waals surface area (Å²) in [5.74, 6) is 1.81. The summed E-state index contributed by atoms with van der Waals surface area (Å²) in [5, 5.41) is 4.02. The van der Waals surface area contributed by atoms with E-state index < -0.39 is 0 Å². The Hall–Kier alpha value is -2.40. The van der Waals surface area contributed by atoms with Crippen LogP contribution in [0.4, 0.5) is 0 Å². The van der Waals surface area contributed by atoms with E-state index in [2.05, 4.69) is 10.1 Å². The Labute approximate surface area is 116 Å². The highest BCUT2D eigenvalue weighted by Crippen LogP contribution is 2.27. The SMILES string of the molecule is Cc1occc1-c1noc(-c2ccccc2CCN)n1. The summed E-state index contributed by atoms with van der Waals surface area (Å²) < 4.78 is 10.6. The maximum atomic E-state index is 5.63. The Morgan fingerprint density at radius 3 is 2.75 bits per heavy atom. The third kappa shape index (κ3) is 2.23. The Kier molecular flexibility index (Phi) is 3.35. The van der Waals surface area contributed by atoms with Gasteiger partial charge in [0, 0.05) is 5.56 Å². The number of hydrogen-bond donors (Lipinski definition) is 1. The minimum absolute atomic E-state index is 0.504. The van der Waals surface area contributed by atoms with Crippen molar-refractivity contribution in [3.05, 3.63) is 47.9 Å². The third-order valence-electron chi connectivity index (χ3n) is 3.19. The highest BCUT2D eigenvalue weighted by Gasteiger charge is 2.15. The lowest BCUT2D eigenvalue weighted by Crippen LogP contribution is -2.03. The molecule has 1 aromatic carbocycles. The van der Waals surface area contributed by atoms with Crippen LogP contribution in [0.1, 0.15) is 11.3 Å². The van der Waals surface area contributed by atoms with Gasteiger partial charge in [-0.15, -0.1) is 0 Å². The van der Waals surface area contributed by atoms with Crippen LogP contribution < -0.4 is 5.73 Å². The minimum Gasteiger partial charge on any atom is -0.469 e. The van der Waals surface area contributed by atoms with Gasteiger partial charge in [-0.05, 0) is 37.6 Å². The Balaban J connectivity index is 2.00. The van der Waals surface area contributed by atoms with Crippen molar-refractivity contribution in [2.75, 3.05) is 6.54 Å².